The van der Waals surface area contributed by atoms with E-state index >= 15 is 0 Å². The van der Waals surface area contributed by atoms with Gasteiger partial charge in [0.25, 0.3) is 0 Å². The van der Waals surface area contributed by atoms with Crippen LogP contribution in [0.5, 0.6) is 0 Å². The molecule has 0 unspecified atom stereocenters. The average Bonchev–Trinajstić information content (AvgIpc) is 2.34. The molecule has 0 aliphatic rings. The van der Waals surface area contributed by atoms with Crippen molar-refractivity contribution in [1.82, 2.24) is 15.3 Å². The number of hydrogen-bond donors (Lipinski definition) is 2. The van der Waals surface area contributed by atoms with E-state index in [4.69, 9.17) is 5.21 Å². The molecular formula is C5H8N4O3. The van der Waals surface area contributed by atoms with Gasteiger partial charge in [-0.1, -0.05) is 0 Å². The third kappa shape index (κ3) is 1.41. The molecule has 0 atom stereocenters. The van der Waals surface area contributed by atoms with Gasteiger partial charge in [-0.05, 0) is 0 Å². The first-order valence-electron chi connectivity index (χ1n) is 3.19. The molecule has 1 rings (SSSR count). The van der Waals surface area contributed by atoms with E-state index in [9.17, 15) is 10.1 Å². The largest absolute Gasteiger partial charge is 0.316 e. The van der Waals surface area contributed by atoms with E-state index in [1.807, 2.05) is 5.48 Å². The molecule has 1 heterocycles. The fraction of sp³-hybridized carbons (Fsp3) is 0.400. The van der Waals surface area contributed by atoms with Gasteiger partial charge in [0.15, 0.2) is 0 Å². The lowest BCUT2D eigenvalue weighted by Gasteiger charge is -1.97. The monoisotopic (exact) mass is 172 g/mol. The number of aromatic nitrogens is 2. The van der Waals surface area contributed by atoms with E-state index in [0.717, 1.165) is 6.20 Å². The van der Waals surface area contributed by atoms with E-state index in [1.165, 1.54) is 4.68 Å². The van der Waals surface area contributed by atoms with E-state index in [1.54, 1.807) is 7.05 Å². The number of aryl methyl sites for hydroxylation is 1. The van der Waals surface area contributed by atoms with Crippen LogP contribution >= 0.6 is 0 Å². The lowest BCUT2D eigenvalue weighted by molar-refractivity contribution is -0.385. The predicted molar refractivity (Wildman–Crippen MR) is 38.5 cm³/mol. The topological polar surface area (TPSA) is 93.2 Å². The van der Waals surface area contributed by atoms with Crippen molar-refractivity contribution in [2.45, 2.75) is 6.54 Å². The normalized spacial score (nSPS) is 10.2. The number of rotatable bonds is 3. The molecule has 0 bridgehead atoms. The molecule has 0 saturated carbocycles. The van der Waals surface area contributed by atoms with Crippen LogP contribution in [0.25, 0.3) is 0 Å². The molecule has 0 aromatic carbocycles. The third-order valence-electron chi connectivity index (χ3n) is 1.48. The molecule has 0 radical (unpaired) electrons. The average molecular weight is 172 g/mol. The summed E-state index contributed by atoms with van der Waals surface area (Å²) in [4.78, 5) is 9.81. The molecule has 2 N–H and O–H groups in total. The van der Waals surface area contributed by atoms with Crippen LogP contribution in [0.1, 0.15) is 5.69 Å². The van der Waals surface area contributed by atoms with Crippen molar-refractivity contribution in [2.75, 3.05) is 0 Å². The molecule has 0 saturated heterocycles. The molecule has 0 aliphatic carbocycles. The zero-order chi connectivity index (χ0) is 9.14. The Morgan fingerprint density at radius 2 is 2.58 bits per heavy atom. The summed E-state index contributed by atoms with van der Waals surface area (Å²) in [5.74, 6) is 0. The number of nitrogens with one attached hydrogen (secondary N) is 1. The highest BCUT2D eigenvalue weighted by molar-refractivity contribution is 5.32. The molecule has 0 fully saturated rings. The SMILES string of the molecule is Cn1ncc([N+](=O)[O-])c1CNO. The Balaban J connectivity index is 3.03. The summed E-state index contributed by atoms with van der Waals surface area (Å²) in [6.45, 7) is 0.00676. The van der Waals surface area contributed by atoms with Crippen LogP contribution in [0.2, 0.25) is 0 Å². The highest BCUT2D eigenvalue weighted by Gasteiger charge is 2.17. The first-order valence-corrected chi connectivity index (χ1v) is 3.19. The van der Waals surface area contributed by atoms with Gasteiger partial charge >= 0.3 is 5.69 Å². The van der Waals surface area contributed by atoms with Crippen molar-refractivity contribution in [3.63, 3.8) is 0 Å². The van der Waals surface area contributed by atoms with Crippen molar-refractivity contribution in [2.24, 2.45) is 7.05 Å². The Labute approximate surface area is 67.7 Å². The Morgan fingerprint density at radius 3 is 3.08 bits per heavy atom. The summed E-state index contributed by atoms with van der Waals surface area (Å²) in [5.41, 5.74) is 2.08. The second-order valence-corrected chi connectivity index (χ2v) is 2.19. The van der Waals surface area contributed by atoms with Crippen LogP contribution in [0, 0.1) is 10.1 Å². The minimum Gasteiger partial charge on any atom is -0.316 e. The minimum atomic E-state index is -0.542. The van der Waals surface area contributed by atoms with Gasteiger partial charge < -0.3 is 5.21 Å². The van der Waals surface area contributed by atoms with Gasteiger partial charge in [0.1, 0.15) is 11.9 Å². The van der Waals surface area contributed by atoms with Crippen molar-refractivity contribution in [3.8, 4) is 0 Å². The van der Waals surface area contributed by atoms with E-state index in [0.29, 0.717) is 5.69 Å². The van der Waals surface area contributed by atoms with Gasteiger partial charge in [0, 0.05) is 7.05 Å². The summed E-state index contributed by atoms with van der Waals surface area (Å²) in [7, 11) is 1.57. The maximum Gasteiger partial charge on any atom is 0.311 e. The Morgan fingerprint density at radius 1 is 1.92 bits per heavy atom. The molecular weight excluding hydrogens is 164 g/mol. The fourth-order valence-electron chi connectivity index (χ4n) is 0.884. The van der Waals surface area contributed by atoms with Gasteiger partial charge in [-0.3, -0.25) is 14.8 Å². The summed E-state index contributed by atoms with van der Waals surface area (Å²) >= 11 is 0. The highest BCUT2D eigenvalue weighted by atomic mass is 16.6. The summed E-state index contributed by atoms with van der Waals surface area (Å²) in [6, 6.07) is 0. The van der Waals surface area contributed by atoms with E-state index < -0.39 is 4.92 Å². The molecule has 66 valence electrons. The van der Waals surface area contributed by atoms with E-state index in [2.05, 4.69) is 5.10 Å². The number of nitro groups is 1. The third-order valence-corrected chi connectivity index (χ3v) is 1.48. The van der Waals surface area contributed by atoms with Gasteiger partial charge in [-0.2, -0.15) is 10.6 Å². The van der Waals surface area contributed by atoms with Crippen LogP contribution in [0.3, 0.4) is 0 Å². The molecule has 7 heteroatoms. The van der Waals surface area contributed by atoms with Crippen molar-refractivity contribution in [1.29, 1.82) is 0 Å². The Hall–Kier alpha value is -1.47. The highest BCUT2D eigenvalue weighted by Crippen LogP contribution is 2.15. The molecule has 1 aromatic rings. The zero-order valence-electron chi connectivity index (χ0n) is 6.39. The number of hydrogen-bond acceptors (Lipinski definition) is 5. The van der Waals surface area contributed by atoms with E-state index in [-0.39, 0.29) is 12.2 Å². The van der Waals surface area contributed by atoms with Gasteiger partial charge in [-0.25, -0.2) is 0 Å². The lowest BCUT2D eigenvalue weighted by Crippen LogP contribution is -2.11. The molecule has 1 aromatic heterocycles. The second kappa shape index (κ2) is 3.28. The summed E-state index contributed by atoms with van der Waals surface area (Å²) in [5, 5.41) is 22.4. The van der Waals surface area contributed by atoms with Crippen LogP contribution in [0.4, 0.5) is 5.69 Å². The molecule has 12 heavy (non-hydrogen) atoms. The quantitative estimate of drug-likeness (QED) is 0.486. The van der Waals surface area contributed by atoms with Crippen molar-refractivity contribution >= 4 is 5.69 Å². The Bertz CT molecular complexity index is 295. The Kier molecular flexibility index (Phi) is 2.36. The molecule has 0 aliphatic heterocycles. The summed E-state index contributed by atoms with van der Waals surface area (Å²) in [6.07, 6.45) is 1.15. The summed E-state index contributed by atoms with van der Waals surface area (Å²) < 4.78 is 1.33. The van der Waals surface area contributed by atoms with Crippen LogP contribution in [0.15, 0.2) is 6.20 Å². The first kappa shape index (κ1) is 8.62. The first-order chi connectivity index (χ1) is 5.66. The smallest absolute Gasteiger partial charge is 0.311 e. The molecule has 7 nitrogen and oxygen atoms in total. The molecule has 0 amide bonds. The lowest BCUT2D eigenvalue weighted by atomic mass is 10.4. The van der Waals surface area contributed by atoms with Gasteiger partial charge in [0.2, 0.25) is 0 Å². The standard InChI is InChI=1S/C5H8N4O3/c1-8-4(3-7-10)5(2-6-8)9(11)12/h2,7,10H,3H2,1H3. The van der Waals surface area contributed by atoms with Crippen LogP contribution in [-0.2, 0) is 13.6 Å². The van der Waals surface area contributed by atoms with Crippen molar-refractivity contribution in [3.05, 3.63) is 22.0 Å². The maximum absolute atomic E-state index is 10.4. The van der Waals surface area contributed by atoms with Gasteiger partial charge in [0.05, 0.1) is 11.5 Å². The van der Waals surface area contributed by atoms with Crippen molar-refractivity contribution < 1.29 is 10.1 Å². The molecule has 0 spiro atoms. The fourth-order valence-corrected chi connectivity index (χ4v) is 0.884. The zero-order valence-corrected chi connectivity index (χ0v) is 6.39. The maximum atomic E-state index is 10.4. The number of nitrogens with zero attached hydrogens (tertiary/aromatic N) is 3. The number of hydroxylamine groups is 1. The van der Waals surface area contributed by atoms with Gasteiger partial charge in [-0.15, -0.1) is 0 Å². The second-order valence-electron chi connectivity index (χ2n) is 2.19. The van der Waals surface area contributed by atoms with Crippen LogP contribution in [-0.4, -0.2) is 19.9 Å². The minimum absolute atomic E-state index is 0.00676. The predicted octanol–water partition coefficient (Wildman–Crippen LogP) is -0.193. The van der Waals surface area contributed by atoms with Crippen LogP contribution < -0.4 is 5.48 Å².